The third kappa shape index (κ3) is 3.49. The minimum atomic E-state index is -0.229. The van der Waals surface area contributed by atoms with E-state index in [0.29, 0.717) is 6.54 Å². The van der Waals surface area contributed by atoms with Crippen LogP contribution in [0.3, 0.4) is 0 Å². The first-order valence-electron chi connectivity index (χ1n) is 5.46. The molecule has 5 heteroatoms. The molecule has 0 aliphatic heterocycles. The summed E-state index contributed by atoms with van der Waals surface area (Å²) in [6, 6.07) is 0. The average Bonchev–Trinajstić information content (AvgIpc) is 2.73. The number of aromatic amines is 1. The molecular formula is C11H18N4O. The largest absolute Gasteiger partial charge is 0.349 e. The number of aromatic nitrogens is 3. The fourth-order valence-corrected chi connectivity index (χ4v) is 1.15. The van der Waals surface area contributed by atoms with Gasteiger partial charge in [-0.25, -0.2) is 4.98 Å². The van der Waals surface area contributed by atoms with Gasteiger partial charge in [-0.2, -0.15) is 0 Å². The van der Waals surface area contributed by atoms with Gasteiger partial charge in [-0.1, -0.05) is 26.0 Å². The van der Waals surface area contributed by atoms with E-state index < -0.39 is 0 Å². The predicted molar refractivity (Wildman–Crippen MR) is 62.2 cm³/mol. The van der Waals surface area contributed by atoms with E-state index in [4.69, 9.17) is 0 Å². The maximum absolute atomic E-state index is 11.6. The molecule has 1 aromatic rings. The number of allylic oxidation sites excluding steroid dienone is 1. The summed E-state index contributed by atoms with van der Waals surface area (Å²) in [5.74, 6) is 0.965. The smallest absolute Gasteiger partial charge is 0.290 e. The molecule has 88 valence electrons. The second-order valence-corrected chi connectivity index (χ2v) is 3.81. The predicted octanol–water partition coefficient (Wildman–Crippen LogP) is 1.62. The highest BCUT2D eigenvalue weighted by Crippen LogP contribution is 2.07. The highest BCUT2D eigenvalue weighted by Gasteiger charge is 2.12. The monoisotopic (exact) mass is 222 g/mol. The zero-order valence-electron chi connectivity index (χ0n) is 9.95. The first kappa shape index (κ1) is 12.4. The van der Waals surface area contributed by atoms with Gasteiger partial charge in [-0.05, 0) is 13.3 Å². The standard InChI is InChI=1S/C11H18N4O/c1-4-5-6-7-12-11(16)10-13-9(8(2)3)14-15-10/h4-5,8H,6-7H2,1-3H3,(H,12,16)(H,13,14,15)/b5-4+. The van der Waals surface area contributed by atoms with Crippen LogP contribution < -0.4 is 5.32 Å². The lowest BCUT2D eigenvalue weighted by atomic mass is 10.2. The maximum Gasteiger partial charge on any atom is 0.290 e. The molecule has 5 nitrogen and oxygen atoms in total. The Hall–Kier alpha value is -1.65. The number of nitrogens with zero attached hydrogens (tertiary/aromatic N) is 2. The van der Waals surface area contributed by atoms with Gasteiger partial charge >= 0.3 is 0 Å². The Kier molecular flexibility index (Phi) is 4.69. The van der Waals surface area contributed by atoms with Gasteiger partial charge in [0, 0.05) is 12.5 Å². The lowest BCUT2D eigenvalue weighted by Crippen LogP contribution is -2.25. The Bertz CT molecular complexity index is 368. The molecule has 0 fully saturated rings. The van der Waals surface area contributed by atoms with Gasteiger partial charge in [0.1, 0.15) is 5.82 Å². The van der Waals surface area contributed by atoms with Crippen LogP contribution in [0.2, 0.25) is 0 Å². The van der Waals surface area contributed by atoms with E-state index in [1.807, 2.05) is 32.9 Å². The fourth-order valence-electron chi connectivity index (χ4n) is 1.15. The number of hydrogen-bond acceptors (Lipinski definition) is 3. The van der Waals surface area contributed by atoms with Crippen molar-refractivity contribution in [1.29, 1.82) is 0 Å². The van der Waals surface area contributed by atoms with E-state index in [9.17, 15) is 4.79 Å². The molecule has 0 aliphatic rings. The molecule has 0 bridgehead atoms. The van der Waals surface area contributed by atoms with Crippen LogP contribution in [-0.4, -0.2) is 27.6 Å². The Morgan fingerprint density at radius 3 is 2.88 bits per heavy atom. The number of nitrogens with one attached hydrogen (secondary N) is 2. The number of hydrogen-bond donors (Lipinski definition) is 2. The van der Waals surface area contributed by atoms with Crippen molar-refractivity contribution >= 4 is 5.91 Å². The molecule has 0 aromatic carbocycles. The highest BCUT2D eigenvalue weighted by molar-refractivity contribution is 5.90. The van der Waals surface area contributed by atoms with Crippen molar-refractivity contribution in [3.8, 4) is 0 Å². The van der Waals surface area contributed by atoms with E-state index in [1.54, 1.807) is 0 Å². The highest BCUT2D eigenvalue weighted by atomic mass is 16.2. The summed E-state index contributed by atoms with van der Waals surface area (Å²) in [4.78, 5) is 15.7. The molecule has 2 N–H and O–H groups in total. The quantitative estimate of drug-likeness (QED) is 0.587. The fraction of sp³-hybridized carbons (Fsp3) is 0.545. The molecule has 1 amide bonds. The molecule has 0 saturated heterocycles. The number of rotatable bonds is 5. The van der Waals surface area contributed by atoms with Crippen LogP contribution >= 0.6 is 0 Å². The van der Waals surface area contributed by atoms with Gasteiger partial charge in [0.2, 0.25) is 5.82 Å². The van der Waals surface area contributed by atoms with E-state index in [-0.39, 0.29) is 17.6 Å². The van der Waals surface area contributed by atoms with E-state index in [0.717, 1.165) is 12.2 Å². The van der Waals surface area contributed by atoms with Crippen LogP contribution in [0, 0.1) is 0 Å². The van der Waals surface area contributed by atoms with Gasteiger partial charge in [0.05, 0.1) is 0 Å². The third-order valence-electron chi connectivity index (χ3n) is 2.08. The summed E-state index contributed by atoms with van der Waals surface area (Å²) < 4.78 is 0. The van der Waals surface area contributed by atoms with Gasteiger partial charge in [0.15, 0.2) is 0 Å². The molecule has 0 radical (unpaired) electrons. The first-order chi connectivity index (χ1) is 7.65. The molecule has 0 atom stereocenters. The van der Waals surface area contributed by atoms with Crippen LogP contribution in [0.15, 0.2) is 12.2 Å². The van der Waals surface area contributed by atoms with Crippen LogP contribution in [0.25, 0.3) is 0 Å². The third-order valence-corrected chi connectivity index (χ3v) is 2.08. The minimum Gasteiger partial charge on any atom is -0.349 e. The van der Waals surface area contributed by atoms with Crippen molar-refractivity contribution in [3.63, 3.8) is 0 Å². The second kappa shape index (κ2) is 6.05. The zero-order valence-corrected chi connectivity index (χ0v) is 9.95. The minimum absolute atomic E-state index is 0.212. The van der Waals surface area contributed by atoms with Gasteiger partial charge in [-0.15, -0.1) is 5.10 Å². The average molecular weight is 222 g/mol. The molecule has 1 heterocycles. The van der Waals surface area contributed by atoms with Crippen LogP contribution in [-0.2, 0) is 0 Å². The second-order valence-electron chi connectivity index (χ2n) is 3.81. The number of carbonyl (C=O) groups excluding carboxylic acids is 1. The number of amides is 1. The summed E-state index contributed by atoms with van der Waals surface area (Å²) in [5.41, 5.74) is 0. The maximum atomic E-state index is 11.6. The molecule has 1 rings (SSSR count). The van der Waals surface area contributed by atoms with Crippen LogP contribution in [0.5, 0.6) is 0 Å². The van der Waals surface area contributed by atoms with Gasteiger partial charge in [-0.3, -0.25) is 9.89 Å². The summed E-state index contributed by atoms with van der Waals surface area (Å²) in [6.07, 6.45) is 4.78. The lowest BCUT2D eigenvalue weighted by molar-refractivity contribution is 0.0944. The van der Waals surface area contributed by atoms with Crippen LogP contribution in [0.4, 0.5) is 0 Å². The van der Waals surface area contributed by atoms with E-state index >= 15 is 0 Å². The molecule has 1 aromatic heterocycles. The van der Waals surface area contributed by atoms with Crippen molar-refractivity contribution in [1.82, 2.24) is 20.5 Å². The van der Waals surface area contributed by atoms with Gasteiger partial charge < -0.3 is 5.32 Å². The molecular weight excluding hydrogens is 204 g/mol. The Morgan fingerprint density at radius 1 is 1.56 bits per heavy atom. The summed E-state index contributed by atoms with van der Waals surface area (Å²) in [6.45, 7) is 6.54. The Morgan fingerprint density at radius 2 is 2.31 bits per heavy atom. The van der Waals surface area contributed by atoms with Crippen molar-refractivity contribution in [2.24, 2.45) is 0 Å². The van der Waals surface area contributed by atoms with Crippen LogP contribution in [0.1, 0.15) is 49.6 Å². The normalized spacial score (nSPS) is 11.2. The number of carbonyl (C=O) groups is 1. The summed E-state index contributed by atoms with van der Waals surface area (Å²) in [7, 11) is 0. The van der Waals surface area contributed by atoms with Crippen molar-refractivity contribution in [3.05, 3.63) is 23.8 Å². The first-order valence-corrected chi connectivity index (χ1v) is 5.46. The number of H-pyrrole nitrogens is 1. The van der Waals surface area contributed by atoms with Crippen molar-refractivity contribution in [2.45, 2.75) is 33.1 Å². The summed E-state index contributed by atoms with van der Waals surface area (Å²) in [5, 5.41) is 9.37. The lowest BCUT2D eigenvalue weighted by Gasteiger charge is -1.98. The van der Waals surface area contributed by atoms with E-state index in [2.05, 4.69) is 20.5 Å². The molecule has 0 unspecified atom stereocenters. The molecule has 0 saturated carbocycles. The Labute approximate surface area is 95.4 Å². The Balaban J connectivity index is 2.46. The van der Waals surface area contributed by atoms with Crippen molar-refractivity contribution in [2.75, 3.05) is 6.54 Å². The van der Waals surface area contributed by atoms with Crippen molar-refractivity contribution < 1.29 is 4.79 Å². The molecule has 0 aliphatic carbocycles. The van der Waals surface area contributed by atoms with Gasteiger partial charge in [0.25, 0.3) is 5.91 Å². The van der Waals surface area contributed by atoms with E-state index in [1.165, 1.54) is 0 Å². The zero-order chi connectivity index (χ0) is 12.0. The molecule has 0 spiro atoms. The topological polar surface area (TPSA) is 70.7 Å². The molecule has 16 heavy (non-hydrogen) atoms. The summed E-state index contributed by atoms with van der Waals surface area (Å²) >= 11 is 0. The SMILES string of the molecule is C/C=C/CCNC(=O)c1n[nH]c(C(C)C)n1.